The largest absolute Gasteiger partial charge is 0.328 e. The second kappa shape index (κ2) is 4.45. The van der Waals surface area contributed by atoms with Crippen molar-refractivity contribution in [3.8, 4) is 5.69 Å². The maximum absolute atomic E-state index is 5.80. The molecule has 16 heavy (non-hydrogen) atoms. The van der Waals surface area contributed by atoms with Crippen LogP contribution in [0.3, 0.4) is 0 Å². The fourth-order valence-electron chi connectivity index (χ4n) is 1.74. The Morgan fingerprint density at radius 2 is 1.94 bits per heavy atom. The summed E-state index contributed by atoms with van der Waals surface area (Å²) in [6, 6.07) is 10.2. The van der Waals surface area contributed by atoms with Gasteiger partial charge in [0.25, 0.3) is 0 Å². The molecular formula is C12H16N4. The standard InChI is InChI=1S/C12H16N4/c1-9(13)8-12-15-14-10(2)16(12)11-6-4-3-5-7-11/h3-7,9H,8,13H2,1-2H3. The van der Waals surface area contributed by atoms with Crippen LogP contribution < -0.4 is 5.73 Å². The van der Waals surface area contributed by atoms with Gasteiger partial charge in [-0.05, 0) is 26.0 Å². The van der Waals surface area contributed by atoms with Crippen LogP contribution in [-0.4, -0.2) is 20.8 Å². The lowest BCUT2D eigenvalue weighted by Gasteiger charge is -2.09. The highest BCUT2D eigenvalue weighted by atomic mass is 15.3. The van der Waals surface area contributed by atoms with Gasteiger partial charge in [0.05, 0.1) is 0 Å². The van der Waals surface area contributed by atoms with E-state index in [1.54, 1.807) is 0 Å². The third-order valence-corrected chi connectivity index (χ3v) is 2.41. The van der Waals surface area contributed by atoms with E-state index >= 15 is 0 Å². The van der Waals surface area contributed by atoms with Gasteiger partial charge in [0.15, 0.2) is 0 Å². The fraction of sp³-hybridized carbons (Fsp3) is 0.333. The lowest BCUT2D eigenvalue weighted by Crippen LogP contribution is -2.20. The first-order valence-corrected chi connectivity index (χ1v) is 5.40. The average Bonchev–Trinajstić information content (AvgIpc) is 2.60. The summed E-state index contributed by atoms with van der Waals surface area (Å²) in [7, 11) is 0. The highest BCUT2D eigenvalue weighted by Crippen LogP contribution is 2.13. The van der Waals surface area contributed by atoms with E-state index in [1.807, 2.05) is 48.7 Å². The minimum atomic E-state index is 0.0889. The Hall–Kier alpha value is -1.68. The molecule has 1 aromatic heterocycles. The van der Waals surface area contributed by atoms with Crippen LogP contribution in [0.5, 0.6) is 0 Å². The van der Waals surface area contributed by atoms with Gasteiger partial charge >= 0.3 is 0 Å². The van der Waals surface area contributed by atoms with Gasteiger partial charge in [0, 0.05) is 18.2 Å². The summed E-state index contributed by atoms with van der Waals surface area (Å²) in [5.74, 6) is 1.81. The fourth-order valence-corrected chi connectivity index (χ4v) is 1.74. The average molecular weight is 216 g/mol. The van der Waals surface area contributed by atoms with E-state index in [0.717, 1.165) is 23.8 Å². The smallest absolute Gasteiger partial charge is 0.139 e. The zero-order chi connectivity index (χ0) is 11.5. The summed E-state index contributed by atoms with van der Waals surface area (Å²) >= 11 is 0. The van der Waals surface area contributed by atoms with E-state index in [4.69, 9.17) is 5.73 Å². The van der Waals surface area contributed by atoms with Crippen LogP contribution in [-0.2, 0) is 6.42 Å². The number of aryl methyl sites for hydroxylation is 1. The topological polar surface area (TPSA) is 56.7 Å². The maximum Gasteiger partial charge on any atom is 0.139 e. The molecular weight excluding hydrogens is 200 g/mol. The number of para-hydroxylation sites is 1. The number of aromatic nitrogens is 3. The van der Waals surface area contributed by atoms with Crippen LogP contribution in [0.1, 0.15) is 18.6 Å². The van der Waals surface area contributed by atoms with E-state index < -0.39 is 0 Å². The van der Waals surface area contributed by atoms with Crippen LogP contribution in [0.2, 0.25) is 0 Å². The van der Waals surface area contributed by atoms with E-state index in [2.05, 4.69) is 10.2 Å². The van der Waals surface area contributed by atoms with Crippen molar-refractivity contribution in [3.63, 3.8) is 0 Å². The van der Waals surface area contributed by atoms with Crippen molar-refractivity contribution in [2.45, 2.75) is 26.3 Å². The minimum absolute atomic E-state index is 0.0889. The van der Waals surface area contributed by atoms with Crippen molar-refractivity contribution >= 4 is 0 Å². The lowest BCUT2D eigenvalue weighted by molar-refractivity contribution is 0.687. The third-order valence-electron chi connectivity index (χ3n) is 2.41. The molecule has 0 aliphatic heterocycles. The quantitative estimate of drug-likeness (QED) is 0.845. The van der Waals surface area contributed by atoms with Gasteiger partial charge in [-0.25, -0.2) is 0 Å². The molecule has 0 spiro atoms. The summed E-state index contributed by atoms with van der Waals surface area (Å²) in [6.07, 6.45) is 0.732. The highest BCUT2D eigenvalue weighted by Gasteiger charge is 2.11. The molecule has 1 atom stereocenters. The Bertz CT molecular complexity index is 459. The molecule has 1 heterocycles. The molecule has 0 amide bonds. The van der Waals surface area contributed by atoms with E-state index in [0.29, 0.717) is 0 Å². The van der Waals surface area contributed by atoms with Crippen LogP contribution in [0.15, 0.2) is 30.3 Å². The monoisotopic (exact) mass is 216 g/mol. The zero-order valence-corrected chi connectivity index (χ0v) is 9.59. The van der Waals surface area contributed by atoms with Gasteiger partial charge in [-0.15, -0.1) is 10.2 Å². The molecule has 1 unspecified atom stereocenters. The predicted octanol–water partition coefficient (Wildman–Crippen LogP) is 1.47. The number of benzene rings is 1. The van der Waals surface area contributed by atoms with Crippen LogP contribution >= 0.6 is 0 Å². The van der Waals surface area contributed by atoms with Crippen molar-refractivity contribution in [1.82, 2.24) is 14.8 Å². The first kappa shape index (κ1) is 10.8. The van der Waals surface area contributed by atoms with E-state index in [1.165, 1.54) is 0 Å². The number of nitrogens with two attached hydrogens (primary N) is 1. The number of rotatable bonds is 3. The molecule has 0 fully saturated rings. The van der Waals surface area contributed by atoms with Crippen molar-refractivity contribution < 1.29 is 0 Å². The van der Waals surface area contributed by atoms with Crippen molar-refractivity contribution in [1.29, 1.82) is 0 Å². The number of hydrogen-bond acceptors (Lipinski definition) is 3. The van der Waals surface area contributed by atoms with Gasteiger partial charge < -0.3 is 5.73 Å². The molecule has 2 rings (SSSR count). The summed E-state index contributed by atoms with van der Waals surface area (Å²) in [5.41, 5.74) is 6.88. The second-order valence-corrected chi connectivity index (χ2v) is 4.02. The molecule has 0 aliphatic carbocycles. The molecule has 4 nitrogen and oxygen atoms in total. The molecule has 0 radical (unpaired) electrons. The molecule has 0 bridgehead atoms. The molecule has 2 N–H and O–H groups in total. The predicted molar refractivity (Wildman–Crippen MR) is 63.4 cm³/mol. The Balaban J connectivity index is 2.43. The molecule has 4 heteroatoms. The SMILES string of the molecule is Cc1nnc(CC(C)N)n1-c1ccccc1. The summed E-state index contributed by atoms with van der Waals surface area (Å²) in [5, 5.41) is 8.27. The van der Waals surface area contributed by atoms with Gasteiger partial charge in [-0.2, -0.15) is 0 Å². The van der Waals surface area contributed by atoms with Gasteiger partial charge in [0.1, 0.15) is 11.6 Å². The summed E-state index contributed by atoms with van der Waals surface area (Å²) in [6.45, 7) is 3.92. The van der Waals surface area contributed by atoms with E-state index in [-0.39, 0.29) is 6.04 Å². The van der Waals surface area contributed by atoms with Crippen molar-refractivity contribution in [3.05, 3.63) is 42.0 Å². The second-order valence-electron chi connectivity index (χ2n) is 4.02. The number of hydrogen-bond donors (Lipinski definition) is 1. The van der Waals surface area contributed by atoms with Gasteiger partial charge in [-0.1, -0.05) is 18.2 Å². The van der Waals surface area contributed by atoms with Crippen LogP contribution in [0, 0.1) is 6.92 Å². The molecule has 0 saturated heterocycles. The van der Waals surface area contributed by atoms with Crippen LogP contribution in [0.4, 0.5) is 0 Å². The normalized spacial score (nSPS) is 12.7. The lowest BCUT2D eigenvalue weighted by atomic mass is 10.2. The minimum Gasteiger partial charge on any atom is -0.328 e. The molecule has 2 aromatic rings. The maximum atomic E-state index is 5.80. The zero-order valence-electron chi connectivity index (χ0n) is 9.59. The Kier molecular flexibility index (Phi) is 3.01. The van der Waals surface area contributed by atoms with Crippen molar-refractivity contribution in [2.24, 2.45) is 5.73 Å². The summed E-state index contributed by atoms with van der Waals surface area (Å²) in [4.78, 5) is 0. The van der Waals surface area contributed by atoms with E-state index in [9.17, 15) is 0 Å². The van der Waals surface area contributed by atoms with Gasteiger partial charge in [-0.3, -0.25) is 4.57 Å². The molecule has 0 aliphatic rings. The van der Waals surface area contributed by atoms with Gasteiger partial charge in [0.2, 0.25) is 0 Å². The summed E-state index contributed by atoms with van der Waals surface area (Å²) < 4.78 is 2.04. The first-order chi connectivity index (χ1) is 7.68. The number of nitrogens with zero attached hydrogens (tertiary/aromatic N) is 3. The highest BCUT2D eigenvalue weighted by molar-refractivity contribution is 5.33. The Morgan fingerprint density at radius 1 is 1.25 bits per heavy atom. The Labute approximate surface area is 95.1 Å². The molecule has 84 valence electrons. The first-order valence-electron chi connectivity index (χ1n) is 5.40. The Morgan fingerprint density at radius 3 is 2.56 bits per heavy atom. The third kappa shape index (κ3) is 2.12. The molecule has 1 aromatic carbocycles. The van der Waals surface area contributed by atoms with Crippen molar-refractivity contribution in [2.75, 3.05) is 0 Å². The van der Waals surface area contributed by atoms with Crippen LogP contribution in [0.25, 0.3) is 5.69 Å². The molecule has 0 saturated carbocycles.